The van der Waals surface area contributed by atoms with Crippen molar-refractivity contribution in [1.82, 2.24) is 14.1 Å². The van der Waals surface area contributed by atoms with Crippen molar-refractivity contribution >= 4 is 10.2 Å². The number of piperidine rings is 1. The van der Waals surface area contributed by atoms with Crippen LogP contribution in [0.25, 0.3) is 0 Å². The van der Waals surface area contributed by atoms with Gasteiger partial charge in [-0.25, -0.2) is 5.01 Å². The topological polar surface area (TPSA) is 72.9 Å². The van der Waals surface area contributed by atoms with Crippen molar-refractivity contribution in [1.29, 1.82) is 0 Å². The smallest absolute Gasteiger partial charge is 0.292 e. The van der Waals surface area contributed by atoms with Crippen LogP contribution in [0.4, 0.5) is 0 Å². The lowest BCUT2D eigenvalue weighted by molar-refractivity contribution is 0.162. The Balaban J connectivity index is 2.62. The SMILES string of the molecule is CN(C)NS(=O)(=O)N1CCCC(CO)C1. The molecule has 1 aliphatic rings. The zero-order chi connectivity index (χ0) is 11.5. The fourth-order valence-corrected chi connectivity index (χ4v) is 3.04. The lowest BCUT2D eigenvalue weighted by Crippen LogP contribution is -2.50. The lowest BCUT2D eigenvalue weighted by Gasteiger charge is -2.31. The second-order valence-electron chi connectivity index (χ2n) is 4.04. The molecule has 15 heavy (non-hydrogen) atoms. The number of aliphatic hydroxyl groups excluding tert-OH is 1. The summed E-state index contributed by atoms with van der Waals surface area (Å²) in [4.78, 5) is 2.38. The Morgan fingerprint density at radius 3 is 2.73 bits per heavy atom. The molecule has 1 fully saturated rings. The molecule has 0 aromatic carbocycles. The van der Waals surface area contributed by atoms with E-state index in [1.54, 1.807) is 14.1 Å². The minimum absolute atomic E-state index is 0.0496. The highest BCUT2D eigenvalue weighted by molar-refractivity contribution is 7.87. The van der Waals surface area contributed by atoms with Gasteiger partial charge in [0.05, 0.1) is 0 Å². The monoisotopic (exact) mass is 237 g/mol. The van der Waals surface area contributed by atoms with E-state index in [1.807, 2.05) is 0 Å². The van der Waals surface area contributed by atoms with Gasteiger partial charge in [0.2, 0.25) is 0 Å². The molecular formula is C8H19N3O3S. The van der Waals surface area contributed by atoms with Gasteiger partial charge in [-0.05, 0) is 18.8 Å². The number of hydrogen-bond donors (Lipinski definition) is 2. The van der Waals surface area contributed by atoms with Gasteiger partial charge >= 0.3 is 0 Å². The molecule has 1 saturated heterocycles. The molecule has 7 heteroatoms. The van der Waals surface area contributed by atoms with Gasteiger partial charge in [0.15, 0.2) is 0 Å². The van der Waals surface area contributed by atoms with Crippen molar-refractivity contribution in [3.63, 3.8) is 0 Å². The van der Waals surface area contributed by atoms with Gasteiger partial charge in [-0.3, -0.25) is 0 Å². The molecule has 1 atom stereocenters. The van der Waals surface area contributed by atoms with Crippen LogP contribution < -0.4 is 4.83 Å². The molecule has 1 aliphatic heterocycles. The highest BCUT2D eigenvalue weighted by Gasteiger charge is 2.28. The van der Waals surface area contributed by atoms with Crippen LogP contribution in [-0.2, 0) is 10.2 Å². The van der Waals surface area contributed by atoms with E-state index >= 15 is 0 Å². The van der Waals surface area contributed by atoms with E-state index in [1.165, 1.54) is 9.31 Å². The van der Waals surface area contributed by atoms with Crippen molar-refractivity contribution in [2.45, 2.75) is 12.8 Å². The number of nitrogens with zero attached hydrogens (tertiary/aromatic N) is 2. The lowest BCUT2D eigenvalue weighted by atomic mass is 10.0. The van der Waals surface area contributed by atoms with Crippen LogP contribution in [0.5, 0.6) is 0 Å². The average Bonchev–Trinajstić information content (AvgIpc) is 2.16. The van der Waals surface area contributed by atoms with Gasteiger partial charge in [0.1, 0.15) is 0 Å². The highest BCUT2D eigenvalue weighted by Crippen LogP contribution is 2.17. The zero-order valence-electron chi connectivity index (χ0n) is 9.18. The number of hydrogen-bond acceptors (Lipinski definition) is 4. The second kappa shape index (κ2) is 5.22. The van der Waals surface area contributed by atoms with Crippen molar-refractivity contribution in [2.24, 2.45) is 5.92 Å². The van der Waals surface area contributed by atoms with Crippen LogP contribution in [0, 0.1) is 5.92 Å². The maximum atomic E-state index is 11.7. The highest BCUT2D eigenvalue weighted by atomic mass is 32.2. The number of rotatable bonds is 4. The number of hydrazine groups is 1. The summed E-state index contributed by atoms with van der Waals surface area (Å²) in [6.45, 7) is 0.979. The molecular weight excluding hydrogens is 218 g/mol. The van der Waals surface area contributed by atoms with Gasteiger partial charge in [-0.2, -0.15) is 12.7 Å². The molecule has 1 rings (SSSR count). The van der Waals surface area contributed by atoms with Crippen molar-refractivity contribution in [3.05, 3.63) is 0 Å². The van der Waals surface area contributed by atoms with E-state index in [4.69, 9.17) is 5.11 Å². The van der Waals surface area contributed by atoms with Gasteiger partial charge in [0, 0.05) is 33.8 Å². The molecule has 0 bridgehead atoms. The largest absolute Gasteiger partial charge is 0.396 e. The Bertz CT molecular complexity index is 292. The van der Waals surface area contributed by atoms with E-state index in [0.717, 1.165) is 12.8 Å². The van der Waals surface area contributed by atoms with E-state index in [9.17, 15) is 8.42 Å². The summed E-state index contributed by atoms with van der Waals surface area (Å²) < 4.78 is 24.9. The number of aliphatic hydroxyl groups is 1. The molecule has 1 unspecified atom stereocenters. The zero-order valence-corrected chi connectivity index (χ0v) is 10.00. The van der Waals surface area contributed by atoms with Crippen LogP contribution >= 0.6 is 0 Å². The first-order chi connectivity index (χ1) is 6.95. The third-order valence-corrected chi connectivity index (χ3v) is 3.99. The maximum Gasteiger partial charge on any atom is 0.292 e. The van der Waals surface area contributed by atoms with Crippen molar-refractivity contribution in [3.8, 4) is 0 Å². The van der Waals surface area contributed by atoms with Gasteiger partial charge in [0.25, 0.3) is 10.2 Å². The third-order valence-electron chi connectivity index (χ3n) is 2.38. The van der Waals surface area contributed by atoms with Crippen LogP contribution in [0.3, 0.4) is 0 Å². The van der Waals surface area contributed by atoms with Crippen molar-refractivity contribution in [2.75, 3.05) is 33.8 Å². The van der Waals surface area contributed by atoms with Gasteiger partial charge in [-0.15, -0.1) is 4.83 Å². The Morgan fingerprint density at radius 1 is 1.53 bits per heavy atom. The Hall–Kier alpha value is -0.210. The van der Waals surface area contributed by atoms with E-state index in [-0.39, 0.29) is 12.5 Å². The molecule has 90 valence electrons. The minimum Gasteiger partial charge on any atom is -0.396 e. The standard InChI is InChI=1S/C8H19N3O3S/c1-10(2)9-15(13,14)11-5-3-4-8(6-11)7-12/h8-9,12H,3-7H2,1-2H3. The molecule has 0 spiro atoms. The van der Waals surface area contributed by atoms with Crippen molar-refractivity contribution < 1.29 is 13.5 Å². The quantitative estimate of drug-likeness (QED) is 0.615. The molecule has 0 aromatic heterocycles. The van der Waals surface area contributed by atoms with E-state index in [2.05, 4.69) is 4.83 Å². The van der Waals surface area contributed by atoms with E-state index in [0.29, 0.717) is 13.1 Å². The molecule has 6 nitrogen and oxygen atoms in total. The van der Waals surface area contributed by atoms with Gasteiger partial charge < -0.3 is 5.11 Å². The summed E-state index contributed by atoms with van der Waals surface area (Å²) in [6.07, 6.45) is 1.70. The molecule has 0 radical (unpaired) electrons. The third kappa shape index (κ3) is 3.69. The summed E-state index contributed by atoms with van der Waals surface area (Å²) in [6, 6.07) is 0. The van der Waals surface area contributed by atoms with Crippen LogP contribution in [0.15, 0.2) is 0 Å². The fraction of sp³-hybridized carbons (Fsp3) is 1.00. The molecule has 0 amide bonds. The molecule has 1 heterocycles. The average molecular weight is 237 g/mol. The molecule has 0 saturated carbocycles. The first kappa shape index (κ1) is 12.9. The second-order valence-corrected chi connectivity index (χ2v) is 5.69. The molecule has 0 aromatic rings. The van der Waals surface area contributed by atoms with E-state index < -0.39 is 10.2 Å². The summed E-state index contributed by atoms with van der Waals surface area (Å²) in [7, 11) is -0.167. The number of nitrogens with one attached hydrogen (secondary N) is 1. The van der Waals surface area contributed by atoms with Gasteiger partial charge in [-0.1, -0.05) is 0 Å². The van der Waals surface area contributed by atoms with Crippen LogP contribution in [0.1, 0.15) is 12.8 Å². The predicted molar refractivity (Wildman–Crippen MR) is 57.1 cm³/mol. The Kier molecular flexibility index (Phi) is 4.47. The summed E-state index contributed by atoms with van der Waals surface area (Å²) in [5, 5.41) is 10.4. The maximum absolute atomic E-state index is 11.7. The fourth-order valence-electron chi connectivity index (χ4n) is 1.68. The summed E-state index contributed by atoms with van der Waals surface area (Å²) in [5.41, 5.74) is 0. The summed E-state index contributed by atoms with van der Waals surface area (Å²) in [5.74, 6) is 0.0671. The van der Waals surface area contributed by atoms with Crippen LogP contribution in [0.2, 0.25) is 0 Å². The Labute approximate surface area is 91.0 Å². The van der Waals surface area contributed by atoms with Crippen LogP contribution in [-0.4, -0.2) is 56.6 Å². The first-order valence-electron chi connectivity index (χ1n) is 5.01. The Morgan fingerprint density at radius 2 is 2.20 bits per heavy atom. The molecule has 2 N–H and O–H groups in total. The molecule has 0 aliphatic carbocycles. The normalized spacial score (nSPS) is 24.7. The minimum atomic E-state index is -3.43. The summed E-state index contributed by atoms with van der Waals surface area (Å²) >= 11 is 0. The first-order valence-corrected chi connectivity index (χ1v) is 6.45. The predicted octanol–water partition coefficient (Wildman–Crippen LogP) is -0.998.